The van der Waals surface area contributed by atoms with Crippen molar-refractivity contribution >= 4 is 5.78 Å². The summed E-state index contributed by atoms with van der Waals surface area (Å²) in [5, 5.41) is 0. The van der Waals surface area contributed by atoms with E-state index in [0.29, 0.717) is 5.75 Å². The SMILES string of the molecule is COc1cc(OC)c2c(c1)[C@H]1C=CCC(C)(C)[C@H]1C2=O. The Labute approximate surface area is 119 Å². The van der Waals surface area contributed by atoms with E-state index in [2.05, 4.69) is 26.0 Å². The lowest BCUT2D eigenvalue weighted by molar-refractivity contribution is 0.0795. The molecular weight excluding hydrogens is 252 g/mol. The molecular formula is C17H20O3. The Kier molecular flexibility index (Phi) is 2.89. The second kappa shape index (κ2) is 4.37. The normalized spacial score (nSPS) is 26.1. The predicted molar refractivity (Wildman–Crippen MR) is 77.6 cm³/mol. The molecule has 0 radical (unpaired) electrons. The standard InChI is InChI=1S/C17H20O3/c1-17(2)7-5-6-11-12-8-10(19-3)9-13(20-4)14(12)16(18)15(11)17/h5-6,8-9,11,15H,7H2,1-4H3/t11-,15-/m1/s1. The van der Waals surface area contributed by atoms with Crippen molar-refractivity contribution in [3.63, 3.8) is 0 Å². The van der Waals surface area contributed by atoms with Crippen molar-refractivity contribution in [1.82, 2.24) is 0 Å². The molecule has 1 aromatic carbocycles. The average Bonchev–Trinajstić information content (AvgIpc) is 2.72. The minimum absolute atomic E-state index is 0.00325. The Morgan fingerprint density at radius 3 is 2.60 bits per heavy atom. The first-order valence-corrected chi connectivity index (χ1v) is 6.96. The van der Waals surface area contributed by atoms with E-state index in [1.54, 1.807) is 20.3 Å². The Morgan fingerprint density at radius 2 is 1.95 bits per heavy atom. The zero-order valence-electron chi connectivity index (χ0n) is 12.4. The highest BCUT2D eigenvalue weighted by molar-refractivity contribution is 6.06. The van der Waals surface area contributed by atoms with Crippen LogP contribution >= 0.6 is 0 Å². The van der Waals surface area contributed by atoms with Gasteiger partial charge in [-0.25, -0.2) is 0 Å². The van der Waals surface area contributed by atoms with Crippen LogP contribution in [0.3, 0.4) is 0 Å². The van der Waals surface area contributed by atoms with E-state index in [4.69, 9.17) is 9.47 Å². The number of methoxy groups -OCH3 is 2. The molecule has 2 aliphatic rings. The number of Topliss-reactive ketones (excluding diaryl/α,β-unsaturated/α-hetero) is 1. The van der Waals surface area contributed by atoms with E-state index in [9.17, 15) is 4.79 Å². The zero-order valence-corrected chi connectivity index (χ0v) is 12.4. The number of benzene rings is 1. The minimum Gasteiger partial charge on any atom is -0.497 e. The molecule has 2 aliphatic carbocycles. The van der Waals surface area contributed by atoms with Crippen molar-refractivity contribution < 1.29 is 14.3 Å². The topological polar surface area (TPSA) is 35.5 Å². The van der Waals surface area contributed by atoms with Crippen LogP contribution in [0, 0.1) is 11.3 Å². The van der Waals surface area contributed by atoms with E-state index in [-0.39, 0.29) is 23.0 Å². The van der Waals surface area contributed by atoms with Crippen LogP contribution < -0.4 is 9.47 Å². The Morgan fingerprint density at radius 1 is 1.20 bits per heavy atom. The number of allylic oxidation sites excluding steroid dienone is 2. The largest absolute Gasteiger partial charge is 0.497 e. The fraction of sp³-hybridized carbons (Fsp3) is 0.471. The van der Waals surface area contributed by atoms with Gasteiger partial charge in [-0.05, 0) is 23.5 Å². The van der Waals surface area contributed by atoms with Gasteiger partial charge in [-0.15, -0.1) is 0 Å². The lowest BCUT2D eigenvalue weighted by Gasteiger charge is -2.36. The van der Waals surface area contributed by atoms with Crippen LogP contribution in [0.4, 0.5) is 0 Å². The highest BCUT2D eigenvalue weighted by Crippen LogP contribution is 2.54. The van der Waals surface area contributed by atoms with Gasteiger partial charge >= 0.3 is 0 Å². The smallest absolute Gasteiger partial charge is 0.171 e. The molecule has 0 N–H and O–H groups in total. The van der Waals surface area contributed by atoms with E-state index >= 15 is 0 Å². The second-order valence-corrected chi connectivity index (χ2v) is 6.28. The molecule has 0 aliphatic heterocycles. The second-order valence-electron chi connectivity index (χ2n) is 6.28. The van der Waals surface area contributed by atoms with Gasteiger partial charge in [0.15, 0.2) is 5.78 Å². The molecule has 20 heavy (non-hydrogen) atoms. The number of rotatable bonds is 2. The molecule has 3 nitrogen and oxygen atoms in total. The maximum absolute atomic E-state index is 12.9. The average molecular weight is 272 g/mol. The zero-order chi connectivity index (χ0) is 14.5. The van der Waals surface area contributed by atoms with Crippen molar-refractivity contribution in [2.45, 2.75) is 26.2 Å². The van der Waals surface area contributed by atoms with E-state index in [1.807, 2.05) is 6.07 Å². The van der Waals surface area contributed by atoms with Gasteiger partial charge in [0.05, 0.1) is 19.8 Å². The lowest BCUT2D eigenvalue weighted by Crippen LogP contribution is -2.32. The summed E-state index contributed by atoms with van der Waals surface area (Å²) in [6.45, 7) is 4.34. The van der Waals surface area contributed by atoms with Gasteiger partial charge in [0.1, 0.15) is 11.5 Å². The number of hydrogen-bond donors (Lipinski definition) is 0. The molecule has 0 spiro atoms. The molecule has 2 atom stereocenters. The molecule has 0 aromatic heterocycles. The molecule has 106 valence electrons. The lowest BCUT2D eigenvalue weighted by atomic mass is 9.67. The van der Waals surface area contributed by atoms with Gasteiger partial charge in [0, 0.05) is 17.9 Å². The number of carbonyl (C=O) groups excluding carboxylic acids is 1. The maximum atomic E-state index is 12.9. The summed E-state index contributed by atoms with van der Waals surface area (Å²) < 4.78 is 10.8. The number of fused-ring (bicyclic) bond motifs is 3. The summed E-state index contributed by atoms with van der Waals surface area (Å²) >= 11 is 0. The van der Waals surface area contributed by atoms with Crippen molar-refractivity contribution in [3.8, 4) is 11.5 Å². The number of hydrogen-bond acceptors (Lipinski definition) is 3. The van der Waals surface area contributed by atoms with Crippen molar-refractivity contribution in [1.29, 1.82) is 0 Å². The first kappa shape index (κ1) is 13.2. The maximum Gasteiger partial charge on any atom is 0.171 e. The van der Waals surface area contributed by atoms with Gasteiger partial charge in [-0.2, -0.15) is 0 Å². The number of carbonyl (C=O) groups is 1. The summed E-state index contributed by atoms with van der Waals surface area (Å²) in [5.74, 6) is 1.72. The molecule has 0 fully saturated rings. The van der Waals surface area contributed by atoms with E-state index in [0.717, 1.165) is 23.3 Å². The summed E-state index contributed by atoms with van der Waals surface area (Å²) in [6, 6.07) is 3.77. The molecule has 0 saturated heterocycles. The van der Waals surface area contributed by atoms with Crippen LogP contribution in [0.2, 0.25) is 0 Å². The molecule has 0 amide bonds. The van der Waals surface area contributed by atoms with Crippen LogP contribution in [0.25, 0.3) is 0 Å². The van der Waals surface area contributed by atoms with E-state index in [1.165, 1.54) is 0 Å². The molecule has 0 bridgehead atoms. The molecule has 3 heteroatoms. The fourth-order valence-corrected chi connectivity index (χ4v) is 3.62. The Bertz CT molecular complexity index is 598. The molecule has 1 aromatic rings. The predicted octanol–water partition coefficient (Wildman–Crippen LogP) is 3.59. The summed E-state index contributed by atoms with van der Waals surface area (Å²) in [6.07, 6.45) is 5.29. The number of ketones is 1. The highest BCUT2D eigenvalue weighted by atomic mass is 16.5. The first-order valence-electron chi connectivity index (χ1n) is 6.96. The number of ether oxygens (including phenoxy) is 2. The molecule has 0 heterocycles. The molecule has 3 rings (SSSR count). The molecule has 0 unspecified atom stereocenters. The summed E-state index contributed by atoms with van der Waals surface area (Å²) in [7, 11) is 3.24. The van der Waals surface area contributed by atoms with Gasteiger partial charge in [-0.1, -0.05) is 26.0 Å². The van der Waals surface area contributed by atoms with Crippen LogP contribution in [-0.4, -0.2) is 20.0 Å². The van der Waals surface area contributed by atoms with Gasteiger partial charge in [-0.3, -0.25) is 4.79 Å². The highest BCUT2D eigenvalue weighted by Gasteiger charge is 2.49. The Hall–Kier alpha value is -1.77. The monoisotopic (exact) mass is 272 g/mol. The van der Waals surface area contributed by atoms with Crippen molar-refractivity contribution in [2.24, 2.45) is 11.3 Å². The van der Waals surface area contributed by atoms with Crippen LogP contribution in [0.15, 0.2) is 24.3 Å². The third-order valence-electron chi connectivity index (χ3n) is 4.64. The summed E-state index contributed by atoms with van der Waals surface area (Å²) in [5.41, 5.74) is 1.76. The van der Waals surface area contributed by atoms with E-state index < -0.39 is 0 Å². The fourth-order valence-electron chi connectivity index (χ4n) is 3.62. The van der Waals surface area contributed by atoms with Crippen LogP contribution in [0.5, 0.6) is 11.5 Å². The molecule has 0 saturated carbocycles. The van der Waals surface area contributed by atoms with Crippen molar-refractivity contribution in [3.05, 3.63) is 35.4 Å². The van der Waals surface area contributed by atoms with Gasteiger partial charge < -0.3 is 9.47 Å². The van der Waals surface area contributed by atoms with Gasteiger partial charge in [0.2, 0.25) is 0 Å². The van der Waals surface area contributed by atoms with Crippen LogP contribution in [-0.2, 0) is 0 Å². The van der Waals surface area contributed by atoms with Crippen LogP contribution in [0.1, 0.15) is 42.1 Å². The third kappa shape index (κ3) is 1.69. The van der Waals surface area contributed by atoms with Gasteiger partial charge in [0.25, 0.3) is 0 Å². The third-order valence-corrected chi connectivity index (χ3v) is 4.64. The van der Waals surface area contributed by atoms with Crippen molar-refractivity contribution in [2.75, 3.05) is 14.2 Å². The minimum atomic E-state index is -0.0201. The summed E-state index contributed by atoms with van der Waals surface area (Å²) in [4.78, 5) is 12.9. The quantitative estimate of drug-likeness (QED) is 0.772. The first-order chi connectivity index (χ1) is 9.49. The Balaban J connectivity index is 2.22.